The molecule has 2 atom stereocenters. The summed E-state index contributed by atoms with van der Waals surface area (Å²) in [5.74, 6) is 0.729. The van der Waals surface area contributed by atoms with E-state index in [4.69, 9.17) is 10.5 Å². The van der Waals surface area contributed by atoms with Crippen molar-refractivity contribution in [1.82, 2.24) is 5.32 Å². The molecule has 1 amide bonds. The molecule has 3 N–H and O–H groups in total. The summed E-state index contributed by atoms with van der Waals surface area (Å²) in [6.45, 7) is 6.31. The van der Waals surface area contributed by atoms with Gasteiger partial charge in [0.05, 0.1) is 12.1 Å². The van der Waals surface area contributed by atoms with Gasteiger partial charge in [0.25, 0.3) is 0 Å². The van der Waals surface area contributed by atoms with Crippen molar-refractivity contribution in [2.45, 2.75) is 51.5 Å². The lowest BCUT2D eigenvalue weighted by Crippen LogP contribution is -2.46. The summed E-state index contributed by atoms with van der Waals surface area (Å²) in [4.78, 5) is 11.8. The highest BCUT2D eigenvalue weighted by Crippen LogP contribution is 2.19. The van der Waals surface area contributed by atoms with Crippen molar-refractivity contribution in [1.29, 1.82) is 0 Å². The molecule has 100 valence electrons. The number of nitrogens with one attached hydrogen (secondary N) is 1. The lowest BCUT2D eigenvalue weighted by Gasteiger charge is -2.24. The Morgan fingerprint density at radius 3 is 2.82 bits per heavy atom. The second-order valence-corrected chi connectivity index (χ2v) is 5.30. The van der Waals surface area contributed by atoms with Crippen LogP contribution in [-0.2, 0) is 9.53 Å². The highest BCUT2D eigenvalue weighted by atomic mass is 16.5. The second kappa shape index (κ2) is 6.97. The first-order valence-electron chi connectivity index (χ1n) is 6.68. The van der Waals surface area contributed by atoms with E-state index in [0.29, 0.717) is 25.5 Å². The number of nitrogens with two attached hydrogens (primary N) is 1. The van der Waals surface area contributed by atoms with Crippen LogP contribution in [0.25, 0.3) is 0 Å². The molecule has 1 saturated heterocycles. The minimum atomic E-state index is -0.146. The first-order chi connectivity index (χ1) is 8.09. The number of amides is 1. The number of hydrogen-bond donors (Lipinski definition) is 2. The van der Waals surface area contributed by atoms with Gasteiger partial charge in [0.15, 0.2) is 0 Å². The summed E-state index contributed by atoms with van der Waals surface area (Å²) >= 11 is 0. The average Bonchev–Trinajstić information content (AvgIpc) is 2.70. The van der Waals surface area contributed by atoms with Crippen molar-refractivity contribution in [3.05, 3.63) is 0 Å². The van der Waals surface area contributed by atoms with Gasteiger partial charge in [0.2, 0.25) is 5.91 Å². The zero-order chi connectivity index (χ0) is 12.7. The summed E-state index contributed by atoms with van der Waals surface area (Å²) in [6.07, 6.45) is 4.58. The molecule has 0 saturated carbocycles. The molecule has 1 aliphatic heterocycles. The molecule has 1 rings (SSSR count). The van der Waals surface area contributed by atoms with Crippen molar-refractivity contribution < 1.29 is 9.53 Å². The fourth-order valence-electron chi connectivity index (χ4n) is 2.29. The topological polar surface area (TPSA) is 64.4 Å². The maximum atomic E-state index is 11.8. The molecule has 1 aliphatic rings. The van der Waals surface area contributed by atoms with E-state index in [9.17, 15) is 4.79 Å². The molecule has 1 fully saturated rings. The Balaban J connectivity index is 2.24. The summed E-state index contributed by atoms with van der Waals surface area (Å²) in [7, 11) is 0. The Morgan fingerprint density at radius 1 is 1.53 bits per heavy atom. The van der Waals surface area contributed by atoms with E-state index < -0.39 is 0 Å². The molecule has 4 heteroatoms. The van der Waals surface area contributed by atoms with Crippen LogP contribution in [0.15, 0.2) is 0 Å². The summed E-state index contributed by atoms with van der Waals surface area (Å²) < 4.78 is 5.32. The lowest BCUT2D eigenvalue weighted by molar-refractivity contribution is -0.123. The molecular formula is C13H26N2O2. The van der Waals surface area contributed by atoms with Gasteiger partial charge in [-0.25, -0.2) is 0 Å². The molecule has 0 aromatic heterocycles. The molecule has 0 aromatic carbocycles. The monoisotopic (exact) mass is 242 g/mol. The zero-order valence-corrected chi connectivity index (χ0v) is 11.1. The highest BCUT2D eigenvalue weighted by Gasteiger charge is 2.30. The summed E-state index contributed by atoms with van der Waals surface area (Å²) in [6, 6.07) is 0. The smallest absolute Gasteiger partial charge is 0.220 e. The van der Waals surface area contributed by atoms with Gasteiger partial charge in [-0.2, -0.15) is 0 Å². The van der Waals surface area contributed by atoms with E-state index in [1.807, 2.05) is 0 Å². The normalized spacial score (nSPS) is 25.8. The Morgan fingerprint density at radius 2 is 2.29 bits per heavy atom. The fraction of sp³-hybridized carbons (Fsp3) is 0.923. The minimum Gasteiger partial charge on any atom is -0.379 e. The quantitative estimate of drug-likeness (QED) is 0.710. The van der Waals surface area contributed by atoms with Crippen LogP contribution in [0, 0.1) is 5.92 Å². The van der Waals surface area contributed by atoms with Crippen molar-refractivity contribution in [2.24, 2.45) is 11.7 Å². The van der Waals surface area contributed by atoms with Crippen LogP contribution in [0.2, 0.25) is 0 Å². The molecule has 1 heterocycles. The van der Waals surface area contributed by atoms with Crippen molar-refractivity contribution in [3.63, 3.8) is 0 Å². The first-order valence-corrected chi connectivity index (χ1v) is 6.68. The third-order valence-electron chi connectivity index (χ3n) is 3.59. The molecule has 17 heavy (non-hydrogen) atoms. The molecule has 0 aromatic rings. The zero-order valence-electron chi connectivity index (χ0n) is 11.1. The molecular weight excluding hydrogens is 216 g/mol. The number of rotatable bonds is 7. The van der Waals surface area contributed by atoms with Crippen molar-refractivity contribution >= 4 is 5.91 Å². The van der Waals surface area contributed by atoms with E-state index in [2.05, 4.69) is 19.2 Å². The van der Waals surface area contributed by atoms with Crippen LogP contribution in [-0.4, -0.2) is 31.2 Å². The van der Waals surface area contributed by atoms with Gasteiger partial charge < -0.3 is 15.8 Å². The predicted molar refractivity (Wildman–Crippen MR) is 68.7 cm³/mol. The van der Waals surface area contributed by atoms with Gasteiger partial charge in [-0.3, -0.25) is 4.79 Å². The van der Waals surface area contributed by atoms with Gasteiger partial charge >= 0.3 is 0 Å². The third-order valence-corrected chi connectivity index (χ3v) is 3.59. The van der Waals surface area contributed by atoms with Crippen LogP contribution >= 0.6 is 0 Å². The fourth-order valence-corrected chi connectivity index (χ4v) is 2.29. The van der Waals surface area contributed by atoms with E-state index >= 15 is 0 Å². The highest BCUT2D eigenvalue weighted by molar-refractivity contribution is 5.76. The van der Waals surface area contributed by atoms with Crippen LogP contribution in [0.1, 0.15) is 46.0 Å². The van der Waals surface area contributed by atoms with Gasteiger partial charge in [0, 0.05) is 13.0 Å². The van der Waals surface area contributed by atoms with Crippen LogP contribution in [0.5, 0.6) is 0 Å². The number of ether oxygens (including phenoxy) is 1. The van der Waals surface area contributed by atoms with Crippen LogP contribution in [0.4, 0.5) is 0 Å². The maximum absolute atomic E-state index is 11.8. The minimum absolute atomic E-state index is 0.146. The van der Waals surface area contributed by atoms with Gasteiger partial charge in [-0.1, -0.05) is 13.3 Å². The van der Waals surface area contributed by atoms with Gasteiger partial charge in [-0.05, 0) is 38.6 Å². The Kier molecular flexibility index (Phi) is 5.92. The van der Waals surface area contributed by atoms with E-state index in [0.717, 1.165) is 32.3 Å². The standard InChI is InChI=1S/C13H26N2O2/c1-3-11(6-8-14)4-5-12(16)15-13(2)7-9-17-10-13/h11H,3-10,14H2,1-2H3,(H,15,16). The average molecular weight is 242 g/mol. The molecule has 0 aliphatic carbocycles. The molecule has 0 bridgehead atoms. The number of hydrogen-bond acceptors (Lipinski definition) is 3. The SMILES string of the molecule is CCC(CCN)CCC(=O)NC1(C)CCOC1. The van der Waals surface area contributed by atoms with Crippen LogP contribution in [0.3, 0.4) is 0 Å². The Bertz CT molecular complexity index is 238. The number of carbonyl (C=O) groups is 1. The largest absolute Gasteiger partial charge is 0.379 e. The molecule has 2 unspecified atom stereocenters. The third kappa shape index (κ3) is 5.04. The van der Waals surface area contributed by atoms with Crippen molar-refractivity contribution in [3.8, 4) is 0 Å². The Labute approximate surface area is 104 Å². The molecule has 0 radical (unpaired) electrons. The number of carbonyl (C=O) groups excluding carboxylic acids is 1. The maximum Gasteiger partial charge on any atom is 0.220 e. The van der Waals surface area contributed by atoms with Gasteiger partial charge in [-0.15, -0.1) is 0 Å². The van der Waals surface area contributed by atoms with E-state index in [1.54, 1.807) is 0 Å². The van der Waals surface area contributed by atoms with E-state index in [1.165, 1.54) is 0 Å². The van der Waals surface area contributed by atoms with Crippen molar-refractivity contribution in [2.75, 3.05) is 19.8 Å². The molecule has 4 nitrogen and oxygen atoms in total. The summed E-state index contributed by atoms with van der Waals surface area (Å²) in [5, 5.41) is 3.08. The lowest BCUT2D eigenvalue weighted by atomic mass is 9.95. The van der Waals surface area contributed by atoms with Crippen LogP contribution < -0.4 is 11.1 Å². The first kappa shape index (κ1) is 14.5. The second-order valence-electron chi connectivity index (χ2n) is 5.30. The predicted octanol–water partition coefficient (Wildman–Crippen LogP) is 1.44. The molecule has 0 spiro atoms. The van der Waals surface area contributed by atoms with Gasteiger partial charge in [0.1, 0.15) is 0 Å². The Hall–Kier alpha value is -0.610. The van der Waals surface area contributed by atoms with E-state index in [-0.39, 0.29) is 11.4 Å². The summed E-state index contributed by atoms with van der Waals surface area (Å²) in [5.41, 5.74) is 5.40.